The fourth-order valence-corrected chi connectivity index (χ4v) is 9.81. The third kappa shape index (κ3) is 6.41. The number of aromatic nitrogens is 4. The summed E-state index contributed by atoms with van der Waals surface area (Å²) in [6, 6.07) is 71.4. The highest BCUT2D eigenvalue weighted by atomic mass is 16.3. The molecule has 0 saturated heterocycles. The molecule has 0 aliphatic heterocycles. The second kappa shape index (κ2) is 15.4. The van der Waals surface area contributed by atoms with Crippen molar-refractivity contribution in [2.45, 2.75) is 0 Å². The number of hydrogen-bond acceptors (Lipinski definition) is 5. The maximum absolute atomic E-state index is 7.48. The number of fused-ring (bicyclic) bond motifs is 9. The first-order valence-corrected chi connectivity index (χ1v) is 22.2. The Morgan fingerprint density at radius 3 is 1.66 bits per heavy atom. The van der Waals surface area contributed by atoms with Gasteiger partial charge in [-0.1, -0.05) is 164 Å². The van der Waals surface area contributed by atoms with Crippen LogP contribution in [0.1, 0.15) is 0 Å². The van der Waals surface area contributed by atoms with Crippen molar-refractivity contribution in [3.05, 3.63) is 224 Å². The van der Waals surface area contributed by atoms with Crippen LogP contribution in [0, 0.1) is 6.57 Å². The van der Waals surface area contributed by atoms with Gasteiger partial charge in [-0.2, -0.15) is 0 Å². The quantitative estimate of drug-likeness (QED) is 0.123. The molecular weight excluding hydrogens is 819 g/mol. The number of benzene rings is 10. The zero-order valence-electron chi connectivity index (χ0n) is 35.9. The fraction of sp³-hybridized carbons (Fsp3) is 0. The summed E-state index contributed by atoms with van der Waals surface area (Å²) in [6.07, 6.45) is 1.86. The second-order valence-electron chi connectivity index (χ2n) is 16.8. The molecule has 13 rings (SSSR count). The molecule has 0 unspecified atom stereocenters. The predicted molar refractivity (Wildman–Crippen MR) is 274 cm³/mol. The summed E-state index contributed by atoms with van der Waals surface area (Å²) in [5, 5.41) is 10.2. The van der Waals surface area contributed by atoms with Crippen LogP contribution in [0.4, 0.5) is 5.69 Å². The van der Waals surface area contributed by atoms with E-state index >= 15 is 0 Å². The van der Waals surface area contributed by atoms with Gasteiger partial charge >= 0.3 is 0 Å². The highest BCUT2D eigenvalue weighted by Gasteiger charge is 2.19. The molecule has 3 heterocycles. The van der Waals surface area contributed by atoms with Gasteiger partial charge in [0.2, 0.25) is 0 Å². The molecule has 0 N–H and O–H groups in total. The molecular formula is C61H35N5O. The van der Waals surface area contributed by atoms with E-state index < -0.39 is 0 Å². The van der Waals surface area contributed by atoms with Gasteiger partial charge in [-0.25, -0.2) is 19.8 Å². The number of pyridine rings is 1. The Kier molecular flexibility index (Phi) is 8.80. The van der Waals surface area contributed by atoms with Gasteiger partial charge in [-0.3, -0.25) is 4.98 Å². The Bertz CT molecular complexity index is 4170. The van der Waals surface area contributed by atoms with Crippen LogP contribution in [0.2, 0.25) is 0 Å². The lowest BCUT2D eigenvalue weighted by Crippen LogP contribution is -2.00. The summed E-state index contributed by atoms with van der Waals surface area (Å²) in [5.41, 5.74) is 12.4. The van der Waals surface area contributed by atoms with E-state index in [0.717, 1.165) is 104 Å². The molecule has 6 heteroatoms. The van der Waals surface area contributed by atoms with Crippen molar-refractivity contribution < 1.29 is 4.42 Å². The van der Waals surface area contributed by atoms with Crippen molar-refractivity contribution in [3.63, 3.8) is 0 Å². The molecule has 0 aliphatic carbocycles. The van der Waals surface area contributed by atoms with Crippen LogP contribution < -0.4 is 0 Å². The molecule has 310 valence electrons. The normalized spacial score (nSPS) is 11.6. The average molecular weight is 854 g/mol. The van der Waals surface area contributed by atoms with Crippen molar-refractivity contribution in [2.24, 2.45) is 0 Å². The smallest absolute Gasteiger partial charge is 0.187 e. The Balaban J connectivity index is 0.952. The molecule has 6 nitrogen and oxygen atoms in total. The van der Waals surface area contributed by atoms with Gasteiger partial charge in [0.05, 0.1) is 12.1 Å². The molecule has 3 aromatic heterocycles. The molecule has 10 aromatic carbocycles. The molecule has 13 aromatic rings. The van der Waals surface area contributed by atoms with E-state index in [-0.39, 0.29) is 0 Å². The van der Waals surface area contributed by atoms with Gasteiger partial charge in [0.25, 0.3) is 0 Å². The van der Waals surface area contributed by atoms with Crippen LogP contribution in [-0.2, 0) is 0 Å². The molecule has 0 aliphatic rings. The van der Waals surface area contributed by atoms with Crippen LogP contribution in [0.5, 0.6) is 0 Å². The largest absolute Gasteiger partial charge is 0.456 e. The summed E-state index contributed by atoms with van der Waals surface area (Å²) in [5.74, 6) is 1.76. The van der Waals surface area contributed by atoms with E-state index in [4.69, 9.17) is 30.9 Å². The van der Waals surface area contributed by atoms with Crippen LogP contribution in [-0.4, -0.2) is 19.9 Å². The minimum atomic E-state index is 0.573. The molecule has 0 fully saturated rings. The van der Waals surface area contributed by atoms with E-state index in [1.54, 1.807) is 0 Å². The number of nitrogens with zero attached hydrogens (tertiary/aromatic N) is 5. The summed E-state index contributed by atoms with van der Waals surface area (Å²) in [6.45, 7) is 7.48. The van der Waals surface area contributed by atoms with E-state index in [9.17, 15) is 0 Å². The first-order chi connectivity index (χ1) is 33.1. The third-order valence-electron chi connectivity index (χ3n) is 13.0. The molecule has 0 spiro atoms. The SMILES string of the molecule is [C-]#[N+]c1ccc(-c2cc3c4ccccc4c(-c4ccc(-c5cccc(-c6nc(-c7ccccc7)nc(-c7ccc8c(c7)oc7ccccc78)n6)c5)c5ccccc45)cc3c3cccnc23)cc1. The summed E-state index contributed by atoms with van der Waals surface area (Å²) in [7, 11) is 0. The molecule has 0 atom stereocenters. The van der Waals surface area contributed by atoms with Gasteiger partial charge < -0.3 is 4.42 Å². The van der Waals surface area contributed by atoms with Gasteiger partial charge in [0, 0.05) is 44.6 Å². The molecule has 0 saturated carbocycles. The number of rotatable bonds is 6. The van der Waals surface area contributed by atoms with E-state index in [1.165, 1.54) is 10.8 Å². The minimum Gasteiger partial charge on any atom is -0.456 e. The molecule has 0 amide bonds. The van der Waals surface area contributed by atoms with Crippen molar-refractivity contribution in [2.75, 3.05) is 0 Å². The zero-order valence-corrected chi connectivity index (χ0v) is 35.9. The lowest BCUT2D eigenvalue weighted by molar-refractivity contribution is 0.669. The Hall–Kier alpha value is -9.31. The maximum Gasteiger partial charge on any atom is 0.187 e. The highest BCUT2D eigenvalue weighted by molar-refractivity contribution is 6.24. The van der Waals surface area contributed by atoms with Crippen LogP contribution >= 0.6 is 0 Å². The predicted octanol–water partition coefficient (Wildman–Crippen LogP) is 16.3. The van der Waals surface area contributed by atoms with Crippen LogP contribution in [0.3, 0.4) is 0 Å². The Morgan fingerprint density at radius 2 is 0.881 bits per heavy atom. The van der Waals surface area contributed by atoms with Gasteiger partial charge in [-0.05, 0) is 103 Å². The van der Waals surface area contributed by atoms with Crippen LogP contribution in [0.15, 0.2) is 217 Å². The van der Waals surface area contributed by atoms with E-state index in [2.05, 4.69) is 126 Å². The Labute approximate surface area is 385 Å². The number of para-hydroxylation sites is 1. The second-order valence-corrected chi connectivity index (χ2v) is 16.8. The summed E-state index contributed by atoms with van der Waals surface area (Å²) >= 11 is 0. The first-order valence-electron chi connectivity index (χ1n) is 22.2. The van der Waals surface area contributed by atoms with Gasteiger partial charge in [0.15, 0.2) is 23.2 Å². The van der Waals surface area contributed by atoms with Crippen molar-refractivity contribution in [3.8, 4) is 67.5 Å². The number of furan rings is 1. The maximum atomic E-state index is 7.48. The molecule has 67 heavy (non-hydrogen) atoms. The summed E-state index contributed by atoms with van der Waals surface area (Å²) < 4.78 is 6.28. The topological polar surface area (TPSA) is 69.1 Å². The lowest BCUT2D eigenvalue weighted by atomic mass is 9.86. The molecule has 0 radical (unpaired) electrons. The fourth-order valence-electron chi connectivity index (χ4n) is 9.81. The van der Waals surface area contributed by atoms with Crippen LogP contribution in [0.25, 0.3) is 138 Å². The number of hydrogen-bond donors (Lipinski definition) is 0. The van der Waals surface area contributed by atoms with E-state index in [0.29, 0.717) is 23.2 Å². The van der Waals surface area contributed by atoms with Gasteiger partial charge in [0.1, 0.15) is 11.2 Å². The van der Waals surface area contributed by atoms with Crippen molar-refractivity contribution >= 4 is 70.8 Å². The lowest BCUT2D eigenvalue weighted by Gasteiger charge is -2.18. The van der Waals surface area contributed by atoms with E-state index in [1.807, 2.05) is 91.1 Å². The zero-order chi connectivity index (χ0) is 44.4. The van der Waals surface area contributed by atoms with Crippen molar-refractivity contribution in [1.29, 1.82) is 0 Å². The third-order valence-corrected chi connectivity index (χ3v) is 13.0. The highest BCUT2D eigenvalue weighted by Crippen LogP contribution is 2.44. The van der Waals surface area contributed by atoms with Crippen molar-refractivity contribution in [1.82, 2.24) is 19.9 Å². The Morgan fingerprint density at radius 1 is 0.328 bits per heavy atom. The summed E-state index contributed by atoms with van der Waals surface area (Å²) in [4.78, 5) is 23.8. The average Bonchev–Trinajstić information content (AvgIpc) is 3.78. The molecule has 0 bridgehead atoms. The minimum absolute atomic E-state index is 0.573. The van der Waals surface area contributed by atoms with Gasteiger partial charge in [-0.15, -0.1) is 0 Å². The monoisotopic (exact) mass is 853 g/mol. The first kappa shape index (κ1) is 38.2. The standard InChI is InChI=1S/C61H35N5O/c1-62-42-27-24-37(25-28-42)52-35-54-47-20-8-7-19-46(47)53(36-55(54)51-22-12-32-63-58(51)52)48-31-30-43(44-17-5-6-18-45(44)48)39-15-11-16-40(33-39)60-64-59(38-13-3-2-4-14-38)65-61(66-60)41-26-29-50-49-21-9-10-23-56(49)67-57(50)34-41/h2-36H.